The Hall–Kier alpha value is -1.09. The predicted octanol–water partition coefficient (Wildman–Crippen LogP) is 2.13. The van der Waals surface area contributed by atoms with E-state index in [0.717, 1.165) is 18.9 Å². The maximum atomic E-state index is 5.65. The van der Waals surface area contributed by atoms with E-state index in [1.807, 2.05) is 6.20 Å². The van der Waals surface area contributed by atoms with Gasteiger partial charge in [0.05, 0.1) is 0 Å². The molecule has 2 heterocycles. The molecule has 0 spiro atoms. The van der Waals surface area contributed by atoms with E-state index < -0.39 is 0 Å². The Morgan fingerprint density at radius 1 is 1.31 bits per heavy atom. The van der Waals surface area contributed by atoms with Crippen molar-refractivity contribution in [1.29, 1.82) is 0 Å². The molecule has 1 fully saturated rings. The average Bonchev–Trinajstić information content (AvgIpc) is 2.39. The van der Waals surface area contributed by atoms with Gasteiger partial charge in [-0.2, -0.15) is 0 Å². The van der Waals surface area contributed by atoms with Crippen LogP contribution in [0.4, 0.5) is 5.82 Å². The van der Waals surface area contributed by atoms with Crippen LogP contribution in [0.3, 0.4) is 0 Å². The highest BCUT2D eigenvalue weighted by molar-refractivity contribution is 5.40. The summed E-state index contributed by atoms with van der Waals surface area (Å²) < 4.78 is 0. The van der Waals surface area contributed by atoms with Crippen LogP contribution in [0, 0.1) is 0 Å². The molecule has 1 aromatic heterocycles. The van der Waals surface area contributed by atoms with Crippen molar-refractivity contribution < 1.29 is 0 Å². The van der Waals surface area contributed by atoms with Gasteiger partial charge in [-0.25, -0.2) is 4.98 Å². The van der Waals surface area contributed by atoms with E-state index in [2.05, 4.69) is 28.9 Å². The lowest BCUT2D eigenvalue weighted by Gasteiger charge is -2.27. The third-order valence-electron chi connectivity index (χ3n) is 3.37. The van der Waals surface area contributed by atoms with Crippen LogP contribution < -0.4 is 10.6 Å². The van der Waals surface area contributed by atoms with E-state index in [1.165, 1.54) is 24.8 Å². The zero-order valence-electron chi connectivity index (χ0n) is 10.0. The molecule has 0 amide bonds. The van der Waals surface area contributed by atoms with Crippen molar-refractivity contribution in [2.45, 2.75) is 32.1 Å². The van der Waals surface area contributed by atoms with E-state index in [1.54, 1.807) is 0 Å². The summed E-state index contributed by atoms with van der Waals surface area (Å²) in [5, 5.41) is 0. The molecule has 88 valence electrons. The number of hydrogen-bond donors (Lipinski definition) is 1. The quantitative estimate of drug-likeness (QED) is 0.847. The number of nitrogens with two attached hydrogens (primary N) is 1. The molecular weight excluding hydrogens is 198 g/mol. The third kappa shape index (κ3) is 2.53. The maximum absolute atomic E-state index is 5.65. The molecule has 1 saturated heterocycles. The number of piperidine rings is 1. The average molecular weight is 219 g/mol. The van der Waals surface area contributed by atoms with Crippen molar-refractivity contribution in [3.05, 3.63) is 23.9 Å². The monoisotopic (exact) mass is 219 g/mol. The van der Waals surface area contributed by atoms with Crippen LogP contribution in [0.25, 0.3) is 0 Å². The van der Waals surface area contributed by atoms with E-state index in [-0.39, 0.29) is 0 Å². The molecule has 1 atom stereocenters. The Morgan fingerprint density at radius 2 is 2.06 bits per heavy atom. The first-order valence-electron chi connectivity index (χ1n) is 6.22. The summed E-state index contributed by atoms with van der Waals surface area (Å²) in [4.78, 5) is 6.92. The predicted molar refractivity (Wildman–Crippen MR) is 67.8 cm³/mol. The second-order valence-corrected chi connectivity index (χ2v) is 4.63. The maximum Gasteiger partial charge on any atom is 0.128 e. The molecule has 3 heteroatoms. The van der Waals surface area contributed by atoms with Gasteiger partial charge in [-0.05, 0) is 43.4 Å². The zero-order chi connectivity index (χ0) is 11.4. The van der Waals surface area contributed by atoms with E-state index in [4.69, 9.17) is 5.73 Å². The number of rotatable bonds is 3. The minimum atomic E-state index is 0.405. The molecule has 16 heavy (non-hydrogen) atoms. The van der Waals surface area contributed by atoms with Gasteiger partial charge >= 0.3 is 0 Å². The number of hydrogen-bond acceptors (Lipinski definition) is 3. The Kier molecular flexibility index (Phi) is 3.78. The Morgan fingerprint density at radius 3 is 2.62 bits per heavy atom. The lowest BCUT2D eigenvalue weighted by molar-refractivity contribution is 0.573. The number of pyridine rings is 1. The van der Waals surface area contributed by atoms with Crippen molar-refractivity contribution in [2.24, 2.45) is 5.73 Å². The first-order valence-corrected chi connectivity index (χ1v) is 6.22. The van der Waals surface area contributed by atoms with Gasteiger partial charge in [-0.1, -0.05) is 13.0 Å². The van der Waals surface area contributed by atoms with Crippen LogP contribution in [-0.2, 0) is 0 Å². The van der Waals surface area contributed by atoms with Crippen molar-refractivity contribution in [1.82, 2.24) is 4.98 Å². The van der Waals surface area contributed by atoms with E-state index in [9.17, 15) is 0 Å². The van der Waals surface area contributed by atoms with Crippen LogP contribution in [0.5, 0.6) is 0 Å². The fourth-order valence-electron chi connectivity index (χ4n) is 2.14. The van der Waals surface area contributed by atoms with Crippen LogP contribution in [0.2, 0.25) is 0 Å². The van der Waals surface area contributed by atoms with Crippen LogP contribution in [0.15, 0.2) is 18.3 Å². The highest BCUT2D eigenvalue weighted by atomic mass is 15.2. The molecule has 2 N–H and O–H groups in total. The molecule has 2 rings (SSSR count). The molecule has 1 aromatic rings. The molecule has 1 aliphatic rings. The molecule has 0 aromatic carbocycles. The van der Waals surface area contributed by atoms with Gasteiger partial charge in [0.2, 0.25) is 0 Å². The lowest BCUT2D eigenvalue weighted by Crippen LogP contribution is -2.30. The molecule has 1 unspecified atom stereocenters. The summed E-state index contributed by atoms with van der Waals surface area (Å²) in [6.45, 7) is 5.12. The molecule has 0 aliphatic carbocycles. The van der Waals surface area contributed by atoms with Crippen LogP contribution >= 0.6 is 0 Å². The first kappa shape index (κ1) is 11.4. The first-order chi connectivity index (χ1) is 7.81. The molecule has 3 nitrogen and oxygen atoms in total. The second-order valence-electron chi connectivity index (χ2n) is 4.63. The fraction of sp³-hybridized carbons (Fsp3) is 0.615. The summed E-state index contributed by atoms with van der Waals surface area (Å²) >= 11 is 0. The Balaban J connectivity index is 2.06. The summed E-state index contributed by atoms with van der Waals surface area (Å²) in [5.74, 6) is 1.52. The van der Waals surface area contributed by atoms with Gasteiger partial charge in [0.15, 0.2) is 0 Å². The van der Waals surface area contributed by atoms with E-state index in [0.29, 0.717) is 12.5 Å². The molecule has 0 radical (unpaired) electrons. The number of anilines is 1. The third-order valence-corrected chi connectivity index (χ3v) is 3.37. The Bertz CT molecular complexity index is 314. The van der Waals surface area contributed by atoms with Gasteiger partial charge in [-0.3, -0.25) is 0 Å². The number of nitrogens with zero attached hydrogens (tertiary/aromatic N) is 2. The summed E-state index contributed by atoms with van der Waals surface area (Å²) in [6.07, 6.45) is 5.92. The highest BCUT2D eigenvalue weighted by Crippen LogP contribution is 2.19. The summed E-state index contributed by atoms with van der Waals surface area (Å²) in [7, 11) is 0. The van der Waals surface area contributed by atoms with Crippen molar-refractivity contribution in [3.8, 4) is 0 Å². The summed E-state index contributed by atoms with van der Waals surface area (Å²) in [6, 6.07) is 4.29. The van der Waals surface area contributed by atoms with Gasteiger partial charge in [-0.15, -0.1) is 0 Å². The van der Waals surface area contributed by atoms with Gasteiger partial charge in [0.25, 0.3) is 0 Å². The van der Waals surface area contributed by atoms with Crippen molar-refractivity contribution in [2.75, 3.05) is 24.5 Å². The standard InChI is InChI=1S/C13H21N3/c1-11(9-14)12-5-6-13(15-10-12)16-7-3-2-4-8-16/h5-6,10-11H,2-4,7-9,14H2,1H3. The second kappa shape index (κ2) is 5.30. The molecular formula is C13H21N3. The highest BCUT2D eigenvalue weighted by Gasteiger charge is 2.12. The minimum Gasteiger partial charge on any atom is -0.357 e. The van der Waals surface area contributed by atoms with Crippen molar-refractivity contribution >= 4 is 5.82 Å². The van der Waals surface area contributed by atoms with Gasteiger partial charge in [0.1, 0.15) is 5.82 Å². The fourth-order valence-corrected chi connectivity index (χ4v) is 2.14. The van der Waals surface area contributed by atoms with Gasteiger partial charge < -0.3 is 10.6 Å². The number of aromatic nitrogens is 1. The molecule has 0 saturated carbocycles. The lowest BCUT2D eigenvalue weighted by atomic mass is 10.0. The largest absolute Gasteiger partial charge is 0.357 e. The minimum absolute atomic E-state index is 0.405. The normalized spacial score (nSPS) is 18.5. The van der Waals surface area contributed by atoms with E-state index >= 15 is 0 Å². The van der Waals surface area contributed by atoms with Crippen LogP contribution in [0.1, 0.15) is 37.7 Å². The molecule has 1 aliphatic heterocycles. The topological polar surface area (TPSA) is 42.1 Å². The van der Waals surface area contributed by atoms with Crippen molar-refractivity contribution in [3.63, 3.8) is 0 Å². The summed E-state index contributed by atoms with van der Waals surface area (Å²) in [5.41, 5.74) is 6.89. The SMILES string of the molecule is CC(CN)c1ccc(N2CCCCC2)nc1. The molecule has 0 bridgehead atoms. The zero-order valence-corrected chi connectivity index (χ0v) is 10.0. The van der Waals surface area contributed by atoms with Crippen LogP contribution in [-0.4, -0.2) is 24.6 Å². The van der Waals surface area contributed by atoms with Gasteiger partial charge in [0, 0.05) is 19.3 Å². The smallest absolute Gasteiger partial charge is 0.128 e. The Labute approximate surface area is 97.7 Å².